The van der Waals surface area contributed by atoms with Gasteiger partial charge in [-0.15, -0.1) is 0 Å². The van der Waals surface area contributed by atoms with Gasteiger partial charge in [0.05, 0.1) is 26.0 Å². The lowest BCUT2D eigenvalue weighted by Gasteiger charge is -2.16. The zero-order valence-corrected chi connectivity index (χ0v) is 14.0. The number of hydrogen-bond acceptors (Lipinski definition) is 5. The first-order valence-electron chi connectivity index (χ1n) is 7.48. The number of carbonyl (C=O) groups excluding carboxylic acids is 1. The number of nitrogens with zero attached hydrogens (tertiary/aromatic N) is 2. The fraction of sp³-hybridized carbons (Fsp3) is 0.625. The summed E-state index contributed by atoms with van der Waals surface area (Å²) < 4.78 is 12.2. The predicted molar refractivity (Wildman–Crippen MR) is 84.7 cm³/mol. The molecule has 1 rings (SSSR count). The molecule has 0 aliphatic rings. The molecular formula is C16H26N2O4. The summed E-state index contributed by atoms with van der Waals surface area (Å²) in [5.41, 5.74) is -0.0836. The summed E-state index contributed by atoms with van der Waals surface area (Å²) in [6.07, 6.45) is 4.94. The van der Waals surface area contributed by atoms with Crippen LogP contribution >= 0.6 is 0 Å². The first kappa shape index (κ1) is 18.2. The Labute approximate surface area is 131 Å². The van der Waals surface area contributed by atoms with Gasteiger partial charge in [0.2, 0.25) is 5.88 Å². The number of aromatic nitrogens is 2. The maximum absolute atomic E-state index is 12.0. The summed E-state index contributed by atoms with van der Waals surface area (Å²) in [6.45, 7) is 10.4. The molecule has 124 valence electrons. The molecule has 1 N–H and O–H groups in total. The van der Waals surface area contributed by atoms with Crippen molar-refractivity contribution in [3.05, 3.63) is 17.8 Å². The largest absolute Gasteiger partial charge is 0.477 e. The number of esters is 1. The summed E-state index contributed by atoms with van der Waals surface area (Å²) in [5.74, 6) is 0.218. The van der Waals surface area contributed by atoms with Crippen LogP contribution in [0.25, 0.3) is 6.20 Å². The Bertz CT molecular complexity index is 518. The molecule has 6 heteroatoms. The maximum atomic E-state index is 12.0. The summed E-state index contributed by atoms with van der Waals surface area (Å²) in [7, 11) is 0. The molecular weight excluding hydrogens is 284 g/mol. The number of hydrogen-bond donors (Lipinski definition) is 1. The molecule has 6 nitrogen and oxygen atoms in total. The van der Waals surface area contributed by atoms with Crippen molar-refractivity contribution in [2.24, 2.45) is 11.3 Å². The molecule has 0 aromatic carbocycles. The van der Waals surface area contributed by atoms with Crippen molar-refractivity contribution in [1.29, 1.82) is 0 Å². The van der Waals surface area contributed by atoms with Crippen molar-refractivity contribution < 1.29 is 19.4 Å². The number of carbonyl (C=O) groups is 1. The van der Waals surface area contributed by atoms with Gasteiger partial charge in [0.25, 0.3) is 0 Å². The molecule has 1 heterocycles. The lowest BCUT2D eigenvalue weighted by Crippen LogP contribution is -2.14. The van der Waals surface area contributed by atoms with Gasteiger partial charge >= 0.3 is 5.97 Å². The molecule has 22 heavy (non-hydrogen) atoms. The van der Waals surface area contributed by atoms with E-state index in [1.807, 2.05) is 33.8 Å². The average molecular weight is 310 g/mol. The number of aliphatic hydroxyl groups is 1. The number of rotatable bonds is 8. The third-order valence-electron chi connectivity index (χ3n) is 2.87. The molecule has 0 aliphatic carbocycles. The zero-order valence-electron chi connectivity index (χ0n) is 14.0. The van der Waals surface area contributed by atoms with Crippen LogP contribution in [0.3, 0.4) is 0 Å². The highest BCUT2D eigenvalue weighted by Gasteiger charge is 2.20. The molecule has 1 aromatic heterocycles. The summed E-state index contributed by atoms with van der Waals surface area (Å²) >= 11 is 0. The second kappa shape index (κ2) is 7.98. The minimum absolute atomic E-state index is 0.0116. The lowest BCUT2D eigenvalue weighted by atomic mass is 9.95. The van der Waals surface area contributed by atoms with Gasteiger partial charge in [-0.05, 0) is 12.8 Å². The van der Waals surface area contributed by atoms with Gasteiger partial charge in [-0.25, -0.2) is 9.48 Å². The van der Waals surface area contributed by atoms with Crippen LogP contribution in [-0.2, 0) is 4.74 Å². The minimum atomic E-state index is -0.456. The smallest absolute Gasteiger partial charge is 0.345 e. The van der Waals surface area contributed by atoms with E-state index in [2.05, 4.69) is 5.10 Å². The van der Waals surface area contributed by atoms with E-state index in [9.17, 15) is 9.90 Å². The molecule has 0 saturated carbocycles. The third-order valence-corrected chi connectivity index (χ3v) is 2.87. The van der Waals surface area contributed by atoms with Crippen molar-refractivity contribution in [1.82, 2.24) is 9.78 Å². The van der Waals surface area contributed by atoms with E-state index >= 15 is 0 Å². The zero-order chi connectivity index (χ0) is 16.8. The Kier molecular flexibility index (Phi) is 6.61. The highest BCUT2D eigenvalue weighted by molar-refractivity contribution is 5.91. The second-order valence-corrected chi connectivity index (χ2v) is 6.20. The van der Waals surface area contributed by atoms with Gasteiger partial charge in [-0.2, -0.15) is 5.10 Å². The standard InChI is InChI=1S/C16H26N2O4/c1-6-21-15(20)13-9-17-18(8-7-16(4,5)11-19)14(13)22-10-12(2)3/h7-9,12,19H,6,10-11H2,1-5H3/b8-7+. The highest BCUT2D eigenvalue weighted by atomic mass is 16.5. The van der Waals surface area contributed by atoms with Crippen molar-refractivity contribution in [2.75, 3.05) is 19.8 Å². The van der Waals surface area contributed by atoms with Crippen molar-refractivity contribution >= 4 is 12.2 Å². The van der Waals surface area contributed by atoms with E-state index in [0.717, 1.165) is 0 Å². The van der Waals surface area contributed by atoms with Gasteiger partial charge in [0.15, 0.2) is 0 Å². The molecule has 0 fully saturated rings. The van der Waals surface area contributed by atoms with Crippen LogP contribution in [0.1, 0.15) is 45.0 Å². The van der Waals surface area contributed by atoms with Crippen LogP contribution in [0, 0.1) is 11.3 Å². The fourth-order valence-electron chi connectivity index (χ4n) is 1.52. The van der Waals surface area contributed by atoms with Crippen molar-refractivity contribution in [2.45, 2.75) is 34.6 Å². The van der Waals surface area contributed by atoms with Crippen LogP contribution < -0.4 is 4.74 Å². The predicted octanol–water partition coefficient (Wildman–Crippen LogP) is 2.58. The van der Waals surface area contributed by atoms with E-state index < -0.39 is 5.97 Å². The molecule has 1 aromatic rings. The van der Waals surface area contributed by atoms with E-state index in [1.54, 1.807) is 13.1 Å². The molecule has 0 aliphatic heterocycles. The highest BCUT2D eigenvalue weighted by Crippen LogP contribution is 2.23. The van der Waals surface area contributed by atoms with Crippen LogP contribution in [0.5, 0.6) is 5.88 Å². The first-order chi connectivity index (χ1) is 10.3. The average Bonchev–Trinajstić information content (AvgIpc) is 2.86. The summed E-state index contributed by atoms with van der Waals surface area (Å²) in [5, 5.41) is 13.5. The quantitative estimate of drug-likeness (QED) is 0.747. The lowest BCUT2D eigenvalue weighted by molar-refractivity contribution is 0.0520. The normalized spacial score (nSPS) is 12.1. The Morgan fingerprint density at radius 1 is 1.50 bits per heavy atom. The SMILES string of the molecule is CCOC(=O)c1cnn(/C=C/C(C)(C)CO)c1OCC(C)C. The monoisotopic (exact) mass is 310 g/mol. The van der Waals surface area contributed by atoms with Crippen LogP contribution in [0.4, 0.5) is 0 Å². The van der Waals surface area contributed by atoms with Crippen LogP contribution in [0.15, 0.2) is 12.3 Å². The number of aliphatic hydroxyl groups excluding tert-OH is 1. The molecule has 0 radical (unpaired) electrons. The number of ether oxygens (including phenoxy) is 2. The van der Waals surface area contributed by atoms with E-state index in [1.165, 1.54) is 10.9 Å². The molecule has 0 spiro atoms. The van der Waals surface area contributed by atoms with Crippen molar-refractivity contribution in [3.63, 3.8) is 0 Å². The Morgan fingerprint density at radius 2 is 2.18 bits per heavy atom. The van der Waals surface area contributed by atoms with Crippen LogP contribution in [-0.4, -0.2) is 40.7 Å². The Morgan fingerprint density at radius 3 is 2.73 bits per heavy atom. The Hall–Kier alpha value is -1.82. The van der Waals surface area contributed by atoms with E-state index in [4.69, 9.17) is 9.47 Å². The maximum Gasteiger partial charge on any atom is 0.345 e. The second-order valence-electron chi connectivity index (χ2n) is 6.20. The summed E-state index contributed by atoms with van der Waals surface area (Å²) in [6, 6.07) is 0. The van der Waals surface area contributed by atoms with Gasteiger partial charge in [-0.3, -0.25) is 0 Å². The first-order valence-corrected chi connectivity index (χ1v) is 7.48. The molecule has 0 amide bonds. The van der Waals surface area contributed by atoms with Gasteiger partial charge in [-0.1, -0.05) is 33.8 Å². The van der Waals surface area contributed by atoms with Gasteiger partial charge in [0.1, 0.15) is 5.56 Å². The summed E-state index contributed by atoms with van der Waals surface area (Å²) in [4.78, 5) is 12.0. The van der Waals surface area contributed by atoms with Crippen molar-refractivity contribution in [3.8, 4) is 5.88 Å². The Balaban J connectivity index is 3.08. The van der Waals surface area contributed by atoms with Gasteiger partial charge in [0, 0.05) is 11.6 Å². The van der Waals surface area contributed by atoms with Crippen LogP contribution in [0.2, 0.25) is 0 Å². The third kappa shape index (κ3) is 5.18. The van der Waals surface area contributed by atoms with Gasteiger partial charge < -0.3 is 14.6 Å². The molecule has 0 bridgehead atoms. The molecule has 0 saturated heterocycles. The minimum Gasteiger partial charge on any atom is -0.477 e. The fourth-order valence-corrected chi connectivity index (χ4v) is 1.52. The molecule has 0 atom stereocenters. The van der Waals surface area contributed by atoms with E-state index in [0.29, 0.717) is 30.6 Å². The molecule has 0 unspecified atom stereocenters. The van der Waals surface area contributed by atoms with E-state index in [-0.39, 0.29) is 12.0 Å². The topological polar surface area (TPSA) is 73.6 Å².